The molecule has 0 aromatic rings. The maximum atomic E-state index is 10.3. The van der Waals surface area contributed by atoms with Crippen molar-refractivity contribution in [1.29, 1.82) is 0 Å². The van der Waals surface area contributed by atoms with E-state index in [2.05, 4.69) is 6.92 Å². The average molecular weight is 298 g/mol. The molecule has 4 heteroatoms. The third kappa shape index (κ3) is 8.89. The first kappa shape index (κ1) is 18.2. The molecule has 1 saturated heterocycles. The molecule has 1 aliphatic rings. The topological polar surface area (TPSA) is 70.1 Å². The van der Waals surface area contributed by atoms with Crippen LogP contribution in [0.2, 0.25) is 0 Å². The summed E-state index contributed by atoms with van der Waals surface area (Å²) in [5, 5.41) is 18.5. The Hall–Kier alpha value is -0.870. The van der Waals surface area contributed by atoms with E-state index in [1.165, 1.54) is 19.3 Å². The van der Waals surface area contributed by atoms with Crippen LogP contribution >= 0.6 is 0 Å². The molecule has 4 nitrogen and oxygen atoms in total. The quantitative estimate of drug-likeness (QED) is 0.309. The Kier molecular flexibility index (Phi) is 9.35. The van der Waals surface area contributed by atoms with E-state index in [-0.39, 0.29) is 18.6 Å². The fraction of sp³-hybridized carbons (Fsp3) is 0.824. The molecule has 1 rings (SSSR count). The van der Waals surface area contributed by atoms with Gasteiger partial charge in [0.25, 0.3) is 0 Å². The standard InChI is InChI=1S/C17H30O4/c1-2-3-8-12-15-17(21-15)14(18)11-9-6-4-5-7-10-13-16(19)20/h9,11,14-15,17-18H,2-8,10,12-13H2,1H3,(H,19,20)/b11-9+. The van der Waals surface area contributed by atoms with Crippen LogP contribution in [-0.2, 0) is 9.53 Å². The van der Waals surface area contributed by atoms with E-state index in [0.29, 0.717) is 0 Å². The van der Waals surface area contributed by atoms with E-state index < -0.39 is 12.1 Å². The maximum absolute atomic E-state index is 10.3. The lowest BCUT2D eigenvalue weighted by Crippen LogP contribution is -2.13. The fourth-order valence-electron chi connectivity index (χ4n) is 2.52. The zero-order valence-electron chi connectivity index (χ0n) is 13.2. The largest absolute Gasteiger partial charge is 0.481 e. The molecule has 3 unspecified atom stereocenters. The Bertz CT molecular complexity index is 314. The number of hydrogen-bond acceptors (Lipinski definition) is 3. The van der Waals surface area contributed by atoms with Gasteiger partial charge in [-0.15, -0.1) is 0 Å². The van der Waals surface area contributed by atoms with Gasteiger partial charge in [-0.25, -0.2) is 0 Å². The Morgan fingerprint density at radius 3 is 2.67 bits per heavy atom. The van der Waals surface area contributed by atoms with Gasteiger partial charge < -0.3 is 14.9 Å². The van der Waals surface area contributed by atoms with Crippen molar-refractivity contribution < 1.29 is 19.7 Å². The van der Waals surface area contributed by atoms with Crippen molar-refractivity contribution >= 4 is 5.97 Å². The second-order valence-electron chi connectivity index (χ2n) is 5.90. The van der Waals surface area contributed by atoms with Crippen LogP contribution in [0.15, 0.2) is 12.2 Å². The van der Waals surface area contributed by atoms with Crippen LogP contribution in [0.3, 0.4) is 0 Å². The lowest BCUT2D eigenvalue weighted by molar-refractivity contribution is -0.137. The van der Waals surface area contributed by atoms with Gasteiger partial charge in [0.1, 0.15) is 12.2 Å². The second-order valence-corrected chi connectivity index (χ2v) is 5.90. The van der Waals surface area contributed by atoms with Gasteiger partial charge in [0.15, 0.2) is 0 Å². The number of aliphatic carboxylic acids is 1. The molecule has 0 radical (unpaired) electrons. The Morgan fingerprint density at radius 2 is 1.95 bits per heavy atom. The van der Waals surface area contributed by atoms with Gasteiger partial charge in [-0.2, -0.15) is 0 Å². The smallest absolute Gasteiger partial charge is 0.303 e. The van der Waals surface area contributed by atoms with Crippen molar-refractivity contribution in [3.8, 4) is 0 Å². The minimum Gasteiger partial charge on any atom is -0.481 e. The van der Waals surface area contributed by atoms with Crippen molar-refractivity contribution in [1.82, 2.24) is 0 Å². The molecule has 1 aliphatic heterocycles. The highest BCUT2D eigenvalue weighted by molar-refractivity contribution is 5.66. The predicted molar refractivity (Wildman–Crippen MR) is 83.3 cm³/mol. The first-order valence-electron chi connectivity index (χ1n) is 8.37. The summed E-state index contributed by atoms with van der Waals surface area (Å²) in [4.78, 5) is 10.3. The fourth-order valence-corrected chi connectivity index (χ4v) is 2.52. The molecule has 1 fully saturated rings. The van der Waals surface area contributed by atoms with Crippen LogP contribution in [0.4, 0.5) is 0 Å². The van der Waals surface area contributed by atoms with Gasteiger partial charge in [-0.05, 0) is 25.7 Å². The number of hydrogen-bond donors (Lipinski definition) is 2. The Labute approximate surface area is 128 Å². The molecule has 0 amide bonds. The molecule has 0 aromatic heterocycles. The zero-order valence-corrected chi connectivity index (χ0v) is 13.2. The van der Waals surface area contributed by atoms with Crippen LogP contribution in [-0.4, -0.2) is 34.5 Å². The average Bonchev–Trinajstić information content (AvgIpc) is 3.21. The lowest BCUT2D eigenvalue weighted by atomic mass is 10.1. The number of unbranched alkanes of at least 4 members (excludes halogenated alkanes) is 6. The molecule has 0 bridgehead atoms. The normalized spacial score (nSPS) is 22.6. The number of allylic oxidation sites excluding steroid dienone is 1. The second kappa shape index (κ2) is 10.8. The molecule has 2 N–H and O–H groups in total. The van der Waals surface area contributed by atoms with E-state index in [1.54, 1.807) is 0 Å². The van der Waals surface area contributed by atoms with Crippen LogP contribution in [0.25, 0.3) is 0 Å². The molecule has 21 heavy (non-hydrogen) atoms. The van der Waals surface area contributed by atoms with Gasteiger partial charge in [-0.1, -0.05) is 51.2 Å². The van der Waals surface area contributed by atoms with Crippen LogP contribution in [0.5, 0.6) is 0 Å². The van der Waals surface area contributed by atoms with Gasteiger partial charge in [0.2, 0.25) is 0 Å². The van der Waals surface area contributed by atoms with Gasteiger partial charge >= 0.3 is 5.97 Å². The van der Waals surface area contributed by atoms with E-state index in [4.69, 9.17) is 9.84 Å². The van der Waals surface area contributed by atoms with Crippen LogP contribution in [0, 0.1) is 0 Å². The first-order chi connectivity index (χ1) is 10.1. The highest BCUT2D eigenvalue weighted by Crippen LogP contribution is 2.30. The molecule has 0 aliphatic carbocycles. The van der Waals surface area contributed by atoms with Crippen LogP contribution < -0.4 is 0 Å². The number of carboxylic acids is 1. The third-order valence-corrected chi connectivity index (χ3v) is 3.90. The summed E-state index contributed by atoms with van der Waals surface area (Å²) in [5.41, 5.74) is 0. The summed E-state index contributed by atoms with van der Waals surface area (Å²) in [6, 6.07) is 0. The minimum absolute atomic E-state index is 0.00803. The van der Waals surface area contributed by atoms with Crippen LogP contribution in [0.1, 0.15) is 71.1 Å². The molecular weight excluding hydrogens is 268 g/mol. The Balaban J connectivity index is 1.95. The molecule has 0 spiro atoms. The number of rotatable bonds is 13. The highest BCUT2D eigenvalue weighted by Gasteiger charge is 2.42. The molecule has 0 aromatic carbocycles. The monoisotopic (exact) mass is 298 g/mol. The summed E-state index contributed by atoms with van der Waals surface area (Å²) in [6.45, 7) is 2.19. The maximum Gasteiger partial charge on any atom is 0.303 e. The van der Waals surface area contributed by atoms with Crippen molar-refractivity contribution in [3.05, 3.63) is 12.2 Å². The van der Waals surface area contributed by atoms with Gasteiger partial charge in [0.05, 0.1) is 6.10 Å². The van der Waals surface area contributed by atoms with E-state index in [1.807, 2.05) is 12.2 Å². The van der Waals surface area contributed by atoms with Gasteiger partial charge in [0, 0.05) is 6.42 Å². The summed E-state index contributed by atoms with van der Waals surface area (Å²) in [5.74, 6) is -0.712. The number of epoxide rings is 1. The third-order valence-electron chi connectivity index (χ3n) is 3.90. The number of aliphatic hydroxyl groups is 1. The number of carboxylic acid groups (broad SMARTS) is 1. The Morgan fingerprint density at radius 1 is 1.19 bits per heavy atom. The number of aliphatic hydroxyl groups excluding tert-OH is 1. The highest BCUT2D eigenvalue weighted by atomic mass is 16.6. The van der Waals surface area contributed by atoms with E-state index in [9.17, 15) is 9.90 Å². The van der Waals surface area contributed by atoms with Gasteiger partial charge in [-0.3, -0.25) is 4.79 Å². The molecule has 3 atom stereocenters. The van der Waals surface area contributed by atoms with Crippen molar-refractivity contribution in [2.45, 2.75) is 89.4 Å². The summed E-state index contributed by atoms with van der Waals surface area (Å²) in [7, 11) is 0. The molecule has 1 heterocycles. The SMILES string of the molecule is CCCCCC1OC1C(O)/C=C/CCCCCCC(=O)O. The molecular formula is C17H30O4. The predicted octanol–water partition coefficient (Wildman–Crippen LogP) is 3.68. The number of ether oxygens (including phenoxy) is 1. The summed E-state index contributed by atoms with van der Waals surface area (Å²) < 4.78 is 5.50. The summed E-state index contributed by atoms with van der Waals surface area (Å²) >= 11 is 0. The van der Waals surface area contributed by atoms with Crippen molar-refractivity contribution in [2.75, 3.05) is 0 Å². The van der Waals surface area contributed by atoms with Crippen molar-refractivity contribution in [2.24, 2.45) is 0 Å². The van der Waals surface area contributed by atoms with E-state index in [0.717, 1.165) is 38.5 Å². The first-order valence-corrected chi connectivity index (χ1v) is 8.37. The lowest BCUT2D eigenvalue weighted by Gasteiger charge is -2.01. The van der Waals surface area contributed by atoms with Crippen molar-refractivity contribution in [3.63, 3.8) is 0 Å². The molecule has 122 valence electrons. The number of carbonyl (C=O) groups is 1. The van der Waals surface area contributed by atoms with E-state index >= 15 is 0 Å². The molecule has 0 saturated carbocycles. The minimum atomic E-state index is -0.712. The summed E-state index contributed by atoms with van der Waals surface area (Å²) in [6.07, 6.45) is 13.4. The zero-order chi connectivity index (χ0) is 15.5.